The van der Waals surface area contributed by atoms with E-state index in [1.807, 2.05) is 48.8 Å². The molecule has 0 N–H and O–H groups in total. The van der Waals surface area contributed by atoms with Gasteiger partial charge in [0.1, 0.15) is 0 Å². The van der Waals surface area contributed by atoms with Crippen molar-refractivity contribution in [1.82, 2.24) is 9.97 Å². The molecule has 6 aromatic rings. The minimum Gasteiger partial charge on any atom is -0.678 e. The molecule has 4 aromatic carbocycles. The first kappa shape index (κ1) is 32.0. The summed E-state index contributed by atoms with van der Waals surface area (Å²) in [5, 5.41) is 10.4. The van der Waals surface area contributed by atoms with E-state index in [0.29, 0.717) is 13.1 Å². The molecule has 1 unspecified atom stereocenters. The second kappa shape index (κ2) is 15.1. The molecule has 0 saturated heterocycles. The Kier molecular flexibility index (Phi) is 10.3. The fraction of sp³-hybridized carbons (Fsp3) is 0.125. The number of rotatable bonds is 3. The molecule has 1 radical (unpaired) electrons. The standard InChI is InChI=1S/C33H25N5.C7H9N.Ir/c1-2-14-28-27(13-1)24-10-9-11-25(20-24)30(21-26-12-7-8-19-34-26)36-29-15-3-4-16-31(29)38-23-37(22-35-28)32-17-5-6-18-33(32)38;1-2-7-5-3-4-6-8-7;/h1-19,23,30H,21-22H2;3-6H,2H2,1H3;/q-4;;. The van der Waals surface area contributed by atoms with E-state index in [-0.39, 0.29) is 26.1 Å². The molecule has 7 heteroatoms. The first-order chi connectivity index (χ1) is 22.8. The number of para-hydroxylation sites is 5. The summed E-state index contributed by atoms with van der Waals surface area (Å²) in [5.41, 5.74) is 10.4. The van der Waals surface area contributed by atoms with Crippen molar-refractivity contribution in [1.29, 1.82) is 0 Å². The number of fused-ring (bicyclic) bond motifs is 11. The number of nitrogens with zero attached hydrogens (tertiary/aromatic N) is 6. The summed E-state index contributed by atoms with van der Waals surface area (Å²) in [6.07, 6.45) is 5.36. The van der Waals surface area contributed by atoms with Crippen LogP contribution in [-0.2, 0) is 32.9 Å². The molecule has 1 atom stereocenters. The SMILES string of the molecule is CCc1ccccn1.[Ir].[c-]1c2cccc1C(Cc1ccccn1)[N-]c1ccccc1N1[CH-]N(C[N-]c3ccccc3-2)c2ccccc21. The van der Waals surface area contributed by atoms with E-state index in [1.165, 1.54) is 0 Å². The summed E-state index contributed by atoms with van der Waals surface area (Å²) in [6.45, 7) is 4.74. The van der Waals surface area contributed by atoms with Crippen LogP contribution >= 0.6 is 0 Å². The topological polar surface area (TPSA) is 60.5 Å². The Labute approximate surface area is 290 Å². The van der Waals surface area contributed by atoms with Crippen LogP contribution in [0.2, 0.25) is 0 Å². The number of anilines is 3. The average molecular weight is 791 g/mol. The van der Waals surface area contributed by atoms with Crippen LogP contribution in [0.5, 0.6) is 0 Å². The fourth-order valence-corrected chi connectivity index (χ4v) is 5.80. The first-order valence-corrected chi connectivity index (χ1v) is 15.7. The number of benzene rings is 4. The maximum absolute atomic E-state index is 5.37. The summed E-state index contributed by atoms with van der Waals surface area (Å²) >= 11 is 0. The molecule has 6 nitrogen and oxygen atoms in total. The molecule has 8 rings (SSSR count). The van der Waals surface area contributed by atoms with Crippen LogP contribution in [0.4, 0.5) is 28.4 Å². The van der Waals surface area contributed by atoms with Gasteiger partial charge >= 0.3 is 0 Å². The number of hydrogen-bond donors (Lipinski definition) is 0. The van der Waals surface area contributed by atoms with Gasteiger partial charge in [0.15, 0.2) is 0 Å². The van der Waals surface area contributed by atoms with Crippen LogP contribution in [0.3, 0.4) is 0 Å². The average Bonchev–Trinajstić information content (AvgIpc) is 3.50. The molecule has 0 spiro atoms. The van der Waals surface area contributed by atoms with Crippen molar-refractivity contribution in [2.75, 3.05) is 16.5 Å². The first-order valence-electron chi connectivity index (χ1n) is 15.7. The van der Waals surface area contributed by atoms with Crippen LogP contribution in [0.15, 0.2) is 140 Å². The second-order valence-corrected chi connectivity index (χ2v) is 11.1. The fourth-order valence-electron chi connectivity index (χ4n) is 5.80. The van der Waals surface area contributed by atoms with Crippen molar-refractivity contribution in [2.45, 2.75) is 25.8 Å². The second-order valence-electron chi connectivity index (χ2n) is 11.1. The van der Waals surface area contributed by atoms with Crippen molar-refractivity contribution in [3.05, 3.63) is 180 Å². The van der Waals surface area contributed by atoms with E-state index >= 15 is 0 Å². The van der Waals surface area contributed by atoms with Crippen molar-refractivity contribution in [3.63, 3.8) is 0 Å². The van der Waals surface area contributed by atoms with Gasteiger partial charge in [-0.25, -0.2) is 0 Å². The predicted octanol–water partition coefficient (Wildman–Crippen LogP) is 10.2. The monoisotopic (exact) mass is 791 g/mol. The molecule has 2 aromatic heterocycles. The van der Waals surface area contributed by atoms with Crippen LogP contribution in [-0.4, -0.2) is 16.6 Å². The Morgan fingerprint density at radius 2 is 1.36 bits per heavy atom. The number of aromatic nitrogens is 2. The zero-order chi connectivity index (χ0) is 31.1. The Bertz CT molecular complexity index is 1900. The zero-order valence-electron chi connectivity index (χ0n) is 26.1. The van der Waals surface area contributed by atoms with Gasteiger partial charge in [-0.3, -0.25) is 9.97 Å². The van der Waals surface area contributed by atoms with Crippen molar-refractivity contribution >= 4 is 28.4 Å². The molecular formula is C40H34IrN6-4. The van der Waals surface area contributed by atoms with E-state index in [0.717, 1.165) is 62.9 Å². The van der Waals surface area contributed by atoms with Gasteiger partial charge in [0.25, 0.3) is 0 Å². The van der Waals surface area contributed by atoms with Gasteiger partial charge in [-0.15, -0.1) is 52.7 Å². The predicted molar refractivity (Wildman–Crippen MR) is 188 cm³/mol. The summed E-state index contributed by atoms with van der Waals surface area (Å²) in [6, 6.07) is 46.9. The third-order valence-electron chi connectivity index (χ3n) is 8.12. The quantitative estimate of drug-likeness (QED) is 0.168. The van der Waals surface area contributed by atoms with E-state index in [4.69, 9.17) is 10.6 Å². The molecule has 237 valence electrons. The van der Waals surface area contributed by atoms with Crippen molar-refractivity contribution in [2.24, 2.45) is 0 Å². The summed E-state index contributed by atoms with van der Waals surface area (Å²) in [7, 11) is 0. The van der Waals surface area contributed by atoms with Crippen LogP contribution in [0, 0.1) is 12.7 Å². The third-order valence-corrected chi connectivity index (χ3v) is 8.12. The maximum Gasteiger partial charge on any atom is 0.0400 e. The van der Waals surface area contributed by atoms with Gasteiger partial charge in [0.05, 0.1) is 0 Å². The summed E-state index contributed by atoms with van der Waals surface area (Å²) in [4.78, 5) is 13.1. The molecule has 4 heterocycles. The van der Waals surface area contributed by atoms with Gasteiger partial charge < -0.3 is 20.4 Å². The summed E-state index contributed by atoms with van der Waals surface area (Å²) in [5.74, 6) is 0. The molecule has 0 fully saturated rings. The van der Waals surface area contributed by atoms with Crippen LogP contribution < -0.4 is 9.80 Å². The van der Waals surface area contributed by atoms with Gasteiger partial charge in [-0.05, 0) is 61.0 Å². The van der Waals surface area contributed by atoms with E-state index in [1.54, 1.807) is 0 Å². The van der Waals surface area contributed by atoms with Crippen LogP contribution in [0.25, 0.3) is 21.8 Å². The van der Waals surface area contributed by atoms with Gasteiger partial charge in [-0.2, -0.15) is 12.4 Å². The molecule has 2 aliphatic rings. The number of pyridine rings is 2. The smallest absolute Gasteiger partial charge is 0.0400 e. The Balaban J connectivity index is 0.000000378. The van der Waals surface area contributed by atoms with Crippen molar-refractivity contribution < 1.29 is 20.1 Å². The normalized spacial score (nSPS) is 14.4. The number of aryl methyl sites for hydroxylation is 1. The molecule has 0 amide bonds. The molecular weight excluding hydrogens is 757 g/mol. The van der Waals surface area contributed by atoms with Gasteiger partial charge in [0, 0.05) is 55.3 Å². The largest absolute Gasteiger partial charge is 0.678 e. The Hall–Kier alpha value is -4.97. The Morgan fingerprint density at radius 3 is 2.09 bits per heavy atom. The molecule has 0 saturated carbocycles. The molecule has 2 aliphatic heterocycles. The molecule has 47 heavy (non-hydrogen) atoms. The summed E-state index contributed by atoms with van der Waals surface area (Å²) < 4.78 is 0. The molecule has 4 bridgehead atoms. The minimum absolute atomic E-state index is 0. The maximum atomic E-state index is 5.37. The molecule has 0 aliphatic carbocycles. The van der Waals surface area contributed by atoms with E-state index < -0.39 is 0 Å². The third kappa shape index (κ3) is 7.22. The van der Waals surface area contributed by atoms with E-state index in [9.17, 15) is 0 Å². The van der Waals surface area contributed by atoms with Crippen molar-refractivity contribution in [3.8, 4) is 11.1 Å². The minimum atomic E-state index is -0.160. The van der Waals surface area contributed by atoms with Gasteiger partial charge in [0.2, 0.25) is 0 Å². The number of hydrogen-bond acceptors (Lipinski definition) is 4. The van der Waals surface area contributed by atoms with E-state index in [2.05, 4.69) is 130 Å². The van der Waals surface area contributed by atoms with Crippen LogP contribution in [0.1, 0.15) is 29.9 Å². The van der Waals surface area contributed by atoms with Gasteiger partial charge in [-0.1, -0.05) is 80.3 Å². The Morgan fingerprint density at radius 1 is 0.702 bits per heavy atom. The zero-order valence-corrected chi connectivity index (χ0v) is 28.5.